The first-order valence-electron chi connectivity index (χ1n) is 19.6. The molecule has 2 aliphatic heterocycles. The number of ether oxygens (including phenoxy) is 2. The minimum absolute atomic E-state index is 0.0317. The lowest BCUT2D eigenvalue weighted by atomic mass is 9.87. The van der Waals surface area contributed by atoms with E-state index in [1.165, 1.54) is 14.2 Å². The number of hydrogen-bond acceptors (Lipinski definition) is 8. The van der Waals surface area contributed by atoms with Crippen LogP contribution in [0.3, 0.4) is 0 Å². The van der Waals surface area contributed by atoms with Crippen LogP contribution in [0.5, 0.6) is 0 Å². The molecule has 2 amide bonds. The molecule has 0 saturated heterocycles. The molecule has 12 heteroatoms. The highest BCUT2D eigenvalue weighted by Gasteiger charge is 2.45. The van der Waals surface area contributed by atoms with Crippen LogP contribution in [0.4, 0.5) is 0 Å². The van der Waals surface area contributed by atoms with E-state index >= 15 is 0 Å². The highest BCUT2D eigenvalue weighted by Crippen LogP contribution is 2.43. The maximum Gasteiger partial charge on any atom is 0.328 e. The summed E-state index contributed by atoms with van der Waals surface area (Å²) in [5.41, 5.74) is 7.44. The summed E-state index contributed by atoms with van der Waals surface area (Å²) in [6, 6.07) is 32.7. The zero-order chi connectivity index (χ0) is 40.5. The third-order valence-corrected chi connectivity index (χ3v) is 11.7. The van der Waals surface area contributed by atoms with Gasteiger partial charge in [0.15, 0.2) is 0 Å². The highest BCUT2D eigenvalue weighted by atomic mass is 16.5. The lowest BCUT2D eigenvalue weighted by Crippen LogP contribution is -2.55. The second-order valence-electron chi connectivity index (χ2n) is 15.3. The molecule has 4 atom stereocenters. The van der Waals surface area contributed by atoms with E-state index in [-0.39, 0.29) is 24.9 Å². The maximum atomic E-state index is 14.5. The molecular weight excluding hydrogens is 733 g/mol. The van der Waals surface area contributed by atoms with Crippen molar-refractivity contribution in [3.63, 3.8) is 0 Å². The van der Waals surface area contributed by atoms with Crippen LogP contribution >= 0.6 is 0 Å². The Hall–Kier alpha value is -6.24. The number of nitrogens with one attached hydrogen (secondary N) is 2. The van der Waals surface area contributed by atoms with Gasteiger partial charge in [0.25, 0.3) is 0 Å². The van der Waals surface area contributed by atoms with E-state index in [9.17, 15) is 19.2 Å². The zero-order valence-electron chi connectivity index (χ0n) is 33.2. The van der Waals surface area contributed by atoms with Crippen molar-refractivity contribution in [1.82, 2.24) is 29.6 Å². The third-order valence-electron chi connectivity index (χ3n) is 11.7. The summed E-state index contributed by atoms with van der Waals surface area (Å²) in [7, 11) is 6.43. The Morgan fingerprint density at radius 1 is 0.569 bits per heavy atom. The molecule has 12 nitrogen and oxygen atoms in total. The van der Waals surface area contributed by atoms with Crippen LogP contribution in [-0.2, 0) is 41.5 Å². The lowest BCUT2D eigenvalue weighted by molar-refractivity contribution is -0.155. The van der Waals surface area contributed by atoms with Gasteiger partial charge in [-0.1, -0.05) is 97.1 Å². The predicted molar refractivity (Wildman–Crippen MR) is 221 cm³/mol. The predicted octanol–water partition coefficient (Wildman–Crippen LogP) is 5.24. The van der Waals surface area contributed by atoms with Crippen molar-refractivity contribution in [2.24, 2.45) is 0 Å². The fraction of sp³-hybridized carbons (Fsp3) is 0.304. The Morgan fingerprint density at radius 3 is 1.31 bits per heavy atom. The molecule has 0 radical (unpaired) electrons. The number of likely N-dealkylation sites (N-methyl/N-ethyl adjacent to an activating group) is 2. The molecular formula is C46H48N6O6. The molecule has 58 heavy (non-hydrogen) atoms. The van der Waals surface area contributed by atoms with E-state index in [1.807, 2.05) is 133 Å². The number of carbonyl (C=O) groups excluding carboxylic acids is 4. The van der Waals surface area contributed by atoms with Gasteiger partial charge in [-0.2, -0.15) is 0 Å². The van der Waals surface area contributed by atoms with E-state index in [0.717, 1.165) is 55.4 Å². The topological polar surface area (TPSA) is 131 Å². The van der Waals surface area contributed by atoms with E-state index in [4.69, 9.17) is 9.47 Å². The molecule has 2 N–H and O–H groups in total. The number of rotatable bonds is 11. The molecule has 0 bridgehead atoms. The largest absolute Gasteiger partial charge is 0.467 e. The van der Waals surface area contributed by atoms with Crippen LogP contribution in [0.25, 0.3) is 21.8 Å². The Labute approximate surface area is 337 Å². The lowest BCUT2D eigenvalue weighted by Gasteiger charge is -2.42. The first-order valence-corrected chi connectivity index (χ1v) is 19.6. The molecule has 8 rings (SSSR count). The van der Waals surface area contributed by atoms with Crippen molar-refractivity contribution in [3.05, 3.63) is 143 Å². The monoisotopic (exact) mass is 780 g/mol. The average Bonchev–Trinajstić information content (AvgIpc) is 3.82. The van der Waals surface area contributed by atoms with Crippen molar-refractivity contribution < 1.29 is 28.7 Å². The molecule has 6 aromatic rings. The number of fused-ring (bicyclic) bond motifs is 6. The standard InChI is InChI=1S/C46H48N6O6/c1-49(27-39(53)51-37(45(55)57-3)25-33-31-19-11-13-21-35(31)47-41(33)43(51)29-15-7-5-8-16-29)23-24-50(2)28-40(54)52-38(46(56)58-4)26-34-32-20-12-14-22-36(32)48-42(34)44(52)30-17-9-6-10-18-30/h5-22,37-38,43-44,47-48H,23-28H2,1-4H3. The molecule has 4 unspecified atom stereocenters. The van der Waals surface area contributed by atoms with Gasteiger partial charge >= 0.3 is 11.9 Å². The number of hydrogen-bond donors (Lipinski definition) is 2. The van der Waals surface area contributed by atoms with Crippen LogP contribution in [0.1, 0.15) is 45.7 Å². The summed E-state index contributed by atoms with van der Waals surface area (Å²) in [4.78, 5) is 70.2. The van der Waals surface area contributed by atoms with Gasteiger partial charge in [0, 0.05) is 59.1 Å². The quantitative estimate of drug-likeness (QED) is 0.171. The van der Waals surface area contributed by atoms with Crippen molar-refractivity contribution in [3.8, 4) is 0 Å². The highest BCUT2D eigenvalue weighted by molar-refractivity contribution is 5.93. The van der Waals surface area contributed by atoms with Gasteiger partial charge in [0.2, 0.25) is 11.8 Å². The van der Waals surface area contributed by atoms with Crippen molar-refractivity contribution >= 4 is 45.6 Å². The number of H-pyrrole nitrogens is 2. The Kier molecular flexibility index (Phi) is 10.9. The van der Waals surface area contributed by atoms with Crippen molar-refractivity contribution in [2.45, 2.75) is 37.0 Å². The minimum atomic E-state index is -0.828. The zero-order valence-corrected chi connectivity index (χ0v) is 33.2. The Morgan fingerprint density at radius 2 is 0.931 bits per heavy atom. The summed E-state index contributed by atoms with van der Waals surface area (Å²) in [6.45, 7) is 0.969. The summed E-state index contributed by atoms with van der Waals surface area (Å²) in [6.07, 6.45) is 0.644. The van der Waals surface area contributed by atoms with Crippen LogP contribution in [0.2, 0.25) is 0 Å². The molecule has 0 saturated carbocycles. The maximum absolute atomic E-state index is 14.5. The van der Waals surface area contributed by atoms with Crippen LogP contribution in [0, 0.1) is 0 Å². The number of aromatic nitrogens is 2. The number of carbonyl (C=O) groups is 4. The number of esters is 2. The van der Waals surface area contributed by atoms with Gasteiger partial charge in [-0.25, -0.2) is 9.59 Å². The Balaban J connectivity index is 1.01. The van der Waals surface area contributed by atoms with Gasteiger partial charge in [0.1, 0.15) is 12.1 Å². The SMILES string of the molecule is COC(=O)C1Cc2c([nH]c3ccccc23)C(c2ccccc2)N1C(=O)CN(C)CCN(C)CC(=O)N1C(C(=O)OC)Cc2c([nH]c3ccccc23)C1c1ccccc1. The fourth-order valence-electron chi connectivity index (χ4n) is 8.92. The molecule has 4 aromatic carbocycles. The molecule has 0 spiro atoms. The fourth-order valence-corrected chi connectivity index (χ4v) is 8.92. The third kappa shape index (κ3) is 7.14. The summed E-state index contributed by atoms with van der Waals surface area (Å²) < 4.78 is 10.6. The van der Waals surface area contributed by atoms with Crippen LogP contribution < -0.4 is 0 Å². The minimum Gasteiger partial charge on any atom is -0.467 e. The van der Waals surface area contributed by atoms with Gasteiger partial charge in [-0.05, 0) is 48.5 Å². The van der Waals surface area contributed by atoms with Gasteiger partial charge < -0.3 is 29.2 Å². The van der Waals surface area contributed by atoms with Gasteiger partial charge in [-0.15, -0.1) is 0 Å². The number of para-hydroxylation sites is 2. The van der Waals surface area contributed by atoms with E-state index in [0.29, 0.717) is 25.9 Å². The second-order valence-corrected chi connectivity index (χ2v) is 15.3. The summed E-state index contributed by atoms with van der Waals surface area (Å²) in [5.74, 6) is -1.38. The van der Waals surface area contributed by atoms with Crippen molar-refractivity contribution in [1.29, 1.82) is 0 Å². The average molecular weight is 781 g/mol. The number of methoxy groups -OCH3 is 2. The van der Waals surface area contributed by atoms with E-state index in [1.54, 1.807) is 9.80 Å². The van der Waals surface area contributed by atoms with Crippen LogP contribution in [0.15, 0.2) is 109 Å². The van der Waals surface area contributed by atoms with Crippen molar-refractivity contribution in [2.75, 3.05) is 54.5 Å². The van der Waals surface area contributed by atoms with Gasteiger partial charge in [0.05, 0.1) is 39.4 Å². The molecule has 298 valence electrons. The Bertz CT molecular complexity index is 2290. The number of benzene rings is 4. The van der Waals surface area contributed by atoms with E-state index in [2.05, 4.69) is 9.97 Å². The number of amides is 2. The van der Waals surface area contributed by atoms with Crippen LogP contribution in [-0.4, -0.2) is 120 Å². The summed E-state index contributed by atoms with van der Waals surface area (Å²) in [5, 5.41) is 2.04. The normalized spacial score (nSPS) is 19.0. The second kappa shape index (κ2) is 16.3. The smallest absolute Gasteiger partial charge is 0.328 e. The summed E-state index contributed by atoms with van der Waals surface area (Å²) >= 11 is 0. The number of nitrogens with zero attached hydrogens (tertiary/aromatic N) is 4. The molecule has 0 aliphatic carbocycles. The number of aromatic amines is 2. The molecule has 0 fully saturated rings. The first kappa shape index (κ1) is 38.6. The van der Waals surface area contributed by atoms with Gasteiger partial charge in [-0.3, -0.25) is 19.4 Å². The van der Waals surface area contributed by atoms with E-state index < -0.39 is 36.1 Å². The first-order chi connectivity index (χ1) is 28.2. The molecule has 2 aliphatic rings. The molecule has 2 aromatic heterocycles. The molecule has 4 heterocycles.